The molecule has 1 aliphatic heterocycles. The van der Waals surface area contributed by atoms with Gasteiger partial charge in [0.1, 0.15) is 5.75 Å². The van der Waals surface area contributed by atoms with Gasteiger partial charge in [-0.1, -0.05) is 12.1 Å². The molecule has 1 atom stereocenters. The van der Waals surface area contributed by atoms with E-state index in [4.69, 9.17) is 9.84 Å². The minimum absolute atomic E-state index is 0.110. The van der Waals surface area contributed by atoms with Gasteiger partial charge in [0, 0.05) is 5.41 Å². The Labute approximate surface area is 107 Å². The van der Waals surface area contributed by atoms with Crippen LogP contribution in [0.15, 0.2) is 18.2 Å². The summed E-state index contributed by atoms with van der Waals surface area (Å²) in [6, 6.07) is 6.09. The van der Waals surface area contributed by atoms with Crippen molar-refractivity contribution < 1.29 is 14.6 Å². The van der Waals surface area contributed by atoms with E-state index < -0.39 is 5.97 Å². The molecule has 18 heavy (non-hydrogen) atoms. The van der Waals surface area contributed by atoms with Crippen molar-refractivity contribution in [1.82, 2.24) is 0 Å². The number of fused-ring (bicyclic) bond motifs is 1. The molecule has 1 N–H and O–H groups in total. The fraction of sp³-hybridized carbons (Fsp3) is 0.533. The third-order valence-electron chi connectivity index (χ3n) is 4.18. The largest absolute Gasteiger partial charge is 0.490 e. The molecule has 0 amide bonds. The Morgan fingerprint density at radius 1 is 1.50 bits per heavy atom. The van der Waals surface area contributed by atoms with E-state index in [-0.39, 0.29) is 17.9 Å². The average molecular weight is 246 g/mol. The van der Waals surface area contributed by atoms with Crippen molar-refractivity contribution in [2.45, 2.75) is 50.5 Å². The molecule has 2 aliphatic rings. The maximum atomic E-state index is 11.0. The van der Waals surface area contributed by atoms with Gasteiger partial charge in [0.25, 0.3) is 0 Å². The lowest BCUT2D eigenvalue weighted by molar-refractivity contribution is -0.137. The monoisotopic (exact) mass is 246 g/mol. The molecule has 1 aromatic carbocycles. The Kier molecular flexibility index (Phi) is 2.58. The first-order valence-corrected chi connectivity index (χ1v) is 6.61. The predicted octanol–water partition coefficient (Wildman–Crippen LogP) is 2.91. The van der Waals surface area contributed by atoms with Crippen LogP contribution >= 0.6 is 0 Å². The Morgan fingerprint density at radius 3 is 2.94 bits per heavy atom. The highest BCUT2D eigenvalue weighted by Crippen LogP contribution is 2.53. The third-order valence-corrected chi connectivity index (χ3v) is 4.18. The van der Waals surface area contributed by atoms with Crippen molar-refractivity contribution in [1.29, 1.82) is 0 Å². The molecule has 3 nitrogen and oxygen atoms in total. The van der Waals surface area contributed by atoms with Crippen molar-refractivity contribution in [2.24, 2.45) is 0 Å². The molecule has 1 saturated carbocycles. The summed E-state index contributed by atoms with van der Waals surface area (Å²) in [7, 11) is 0. The van der Waals surface area contributed by atoms with E-state index in [2.05, 4.69) is 13.0 Å². The topological polar surface area (TPSA) is 46.5 Å². The summed E-state index contributed by atoms with van der Waals surface area (Å²) in [6.45, 7) is 2.08. The molecule has 1 aromatic rings. The zero-order chi connectivity index (χ0) is 12.8. The normalized spacial score (nSPS) is 23.9. The molecule has 1 fully saturated rings. The zero-order valence-corrected chi connectivity index (χ0v) is 10.6. The van der Waals surface area contributed by atoms with E-state index in [0.29, 0.717) is 0 Å². The molecule has 0 radical (unpaired) electrons. The number of hydrogen-bond acceptors (Lipinski definition) is 2. The van der Waals surface area contributed by atoms with Crippen LogP contribution in [-0.4, -0.2) is 17.2 Å². The molecule has 96 valence electrons. The first-order chi connectivity index (χ1) is 8.61. The summed E-state index contributed by atoms with van der Waals surface area (Å²) in [5.41, 5.74) is 2.35. The summed E-state index contributed by atoms with van der Waals surface area (Å²) in [6.07, 6.45) is 4.53. The zero-order valence-electron chi connectivity index (χ0n) is 10.6. The third kappa shape index (κ3) is 1.88. The van der Waals surface area contributed by atoms with Gasteiger partial charge >= 0.3 is 5.97 Å². The fourth-order valence-electron chi connectivity index (χ4n) is 3.04. The van der Waals surface area contributed by atoms with Gasteiger partial charge in [0.05, 0.1) is 12.5 Å². The number of carboxylic acids is 1. The highest BCUT2D eigenvalue weighted by atomic mass is 16.5. The minimum Gasteiger partial charge on any atom is -0.490 e. The molecule has 1 aliphatic carbocycles. The van der Waals surface area contributed by atoms with Crippen molar-refractivity contribution in [3.63, 3.8) is 0 Å². The van der Waals surface area contributed by atoms with Crippen molar-refractivity contribution in [3.8, 4) is 5.75 Å². The van der Waals surface area contributed by atoms with Gasteiger partial charge in [0.2, 0.25) is 0 Å². The van der Waals surface area contributed by atoms with Gasteiger partial charge in [-0.15, -0.1) is 0 Å². The van der Waals surface area contributed by atoms with Crippen LogP contribution in [0.2, 0.25) is 0 Å². The lowest BCUT2D eigenvalue weighted by atomic mass is 9.85. The lowest BCUT2D eigenvalue weighted by Gasteiger charge is -2.27. The van der Waals surface area contributed by atoms with Gasteiger partial charge in [-0.05, 0) is 49.8 Å². The molecular weight excluding hydrogens is 228 g/mol. The second kappa shape index (κ2) is 4.01. The van der Waals surface area contributed by atoms with Crippen LogP contribution in [0.5, 0.6) is 5.75 Å². The quantitative estimate of drug-likeness (QED) is 0.892. The summed E-state index contributed by atoms with van der Waals surface area (Å²) in [5.74, 6) is 0.262. The summed E-state index contributed by atoms with van der Waals surface area (Å²) < 4.78 is 5.85. The Morgan fingerprint density at radius 2 is 2.28 bits per heavy atom. The maximum absolute atomic E-state index is 11.0. The Bertz CT molecular complexity index is 489. The number of carboxylic acid groups (broad SMARTS) is 1. The number of aliphatic carboxylic acids is 1. The van der Waals surface area contributed by atoms with Crippen LogP contribution in [0.1, 0.15) is 43.7 Å². The second-order valence-electron chi connectivity index (χ2n) is 5.60. The van der Waals surface area contributed by atoms with Crippen LogP contribution in [0.4, 0.5) is 0 Å². The highest BCUT2D eigenvalue weighted by Gasteiger charge is 2.47. The smallest absolute Gasteiger partial charge is 0.304 e. The van der Waals surface area contributed by atoms with E-state index in [9.17, 15) is 4.79 Å². The van der Waals surface area contributed by atoms with Crippen LogP contribution in [0, 0.1) is 0 Å². The molecule has 0 spiro atoms. The number of carbonyl (C=O) groups is 1. The predicted molar refractivity (Wildman–Crippen MR) is 68.0 cm³/mol. The Balaban J connectivity index is 1.98. The van der Waals surface area contributed by atoms with Crippen molar-refractivity contribution in [3.05, 3.63) is 29.3 Å². The standard InChI is InChI=1S/C15H18O3/c1-10-5-6-11-12(3-2-4-13(11)18-10)15(7-8-15)9-14(16)17/h2-4,10H,5-9H2,1H3,(H,16,17). The first-order valence-electron chi connectivity index (χ1n) is 6.61. The summed E-state index contributed by atoms with van der Waals surface area (Å²) >= 11 is 0. The summed E-state index contributed by atoms with van der Waals surface area (Å²) in [4.78, 5) is 11.0. The highest BCUT2D eigenvalue weighted by molar-refractivity contribution is 5.70. The minimum atomic E-state index is -0.699. The molecule has 3 heteroatoms. The van der Waals surface area contributed by atoms with Gasteiger partial charge in [-0.25, -0.2) is 0 Å². The molecule has 1 heterocycles. The second-order valence-corrected chi connectivity index (χ2v) is 5.60. The molecule has 1 unspecified atom stereocenters. The van der Waals surface area contributed by atoms with Gasteiger partial charge in [-0.2, -0.15) is 0 Å². The number of benzene rings is 1. The molecular formula is C15H18O3. The van der Waals surface area contributed by atoms with Crippen LogP contribution in [0.3, 0.4) is 0 Å². The van der Waals surface area contributed by atoms with E-state index in [1.165, 1.54) is 11.1 Å². The number of hydrogen-bond donors (Lipinski definition) is 1. The van der Waals surface area contributed by atoms with E-state index in [1.54, 1.807) is 0 Å². The van der Waals surface area contributed by atoms with Crippen LogP contribution < -0.4 is 4.74 Å². The molecule has 3 rings (SSSR count). The van der Waals surface area contributed by atoms with Crippen LogP contribution in [0.25, 0.3) is 0 Å². The molecule has 0 aromatic heterocycles. The van der Waals surface area contributed by atoms with Gasteiger partial charge in [0.15, 0.2) is 0 Å². The average Bonchev–Trinajstić information content (AvgIpc) is 3.07. The first kappa shape index (κ1) is 11.6. The number of ether oxygens (including phenoxy) is 1. The van der Waals surface area contributed by atoms with E-state index in [0.717, 1.165) is 31.4 Å². The van der Waals surface area contributed by atoms with E-state index >= 15 is 0 Å². The fourth-order valence-corrected chi connectivity index (χ4v) is 3.04. The van der Waals surface area contributed by atoms with Crippen molar-refractivity contribution in [2.75, 3.05) is 0 Å². The lowest BCUT2D eigenvalue weighted by Crippen LogP contribution is -2.22. The van der Waals surface area contributed by atoms with Crippen LogP contribution in [-0.2, 0) is 16.6 Å². The molecule has 0 bridgehead atoms. The SMILES string of the molecule is CC1CCc2c(cccc2C2(CC(=O)O)CC2)O1. The summed E-state index contributed by atoms with van der Waals surface area (Å²) in [5, 5.41) is 9.07. The van der Waals surface area contributed by atoms with Gasteiger partial charge in [-0.3, -0.25) is 4.79 Å². The van der Waals surface area contributed by atoms with E-state index in [1.807, 2.05) is 12.1 Å². The van der Waals surface area contributed by atoms with Crippen molar-refractivity contribution >= 4 is 5.97 Å². The van der Waals surface area contributed by atoms with Gasteiger partial charge < -0.3 is 9.84 Å². The molecule has 0 saturated heterocycles. The number of rotatable bonds is 3. The Hall–Kier alpha value is -1.51. The maximum Gasteiger partial charge on any atom is 0.304 e.